The second-order valence-electron chi connectivity index (χ2n) is 5.82. The Morgan fingerprint density at radius 3 is 1.96 bits per heavy atom. The molecule has 0 unspecified atom stereocenters. The standard InChI is InChI=1S/C17H31NO4.Na.H/c1-2-3-4-5-6-7-8-9-10-11-16(20)18-15(14-19)12-13-17(21)22;;/h14-15H,2-13H2,1H3,(H,18,20)(H,21,22);;/t15-;;/m0../s1. The zero-order valence-electron chi connectivity index (χ0n) is 13.8. The number of aldehydes is 1. The van der Waals surface area contributed by atoms with Gasteiger partial charge >= 0.3 is 35.5 Å². The van der Waals surface area contributed by atoms with Crippen LogP contribution in [0.4, 0.5) is 0 Å². The summed E-state index contributed by atoms with van der Waals surface area (Å²) >= 11 is 0. The Bertz CT molecular complexity index is 324. The minimum atomic E-state index is -0.958. The Hall–Kier alpha value is -0.390. The molecule has 0 saturated carbocycles. The zero-order valence-corrected chi connectivity index (χ0v) is 13.8. The molecule has 0 heterocycles. The Morgan fingerprint density at radius 2 is 1.48 bits per heavy atom. The molecule has 0 aliphatic heterocycles. The summed E-state index contributed by atoms with van der Waals surface area (Å²) in [6.45, 7) is 2.21. The van der Waals surface area contributed by atoms with Crippen LogP contribution in [-0.2, 0) is 14.4 Å². The van der Waals surface area contributed by atoms with Gasteiger partial charge in [-0.25, -0.2) is 0 Å². The molecule has 0 aromatic heterocycles. The van der Waals surface area contributed by atoms with E-state index >= 15 is 0 Å². The molecule has 0 spiro atoms. The predicted octanol–water partition coefficient (Wildman–Crippen LogP) is 2.81. The van der Waals surface area contributed by atoms with E-state index in [1.165, 1.54) is 38.5 Å². The average Bonchev–Trinajstić information content (AvgIpc) is 2.49. The summed E-state index contributed by atoms with van der Waals surface area (Å²) in [6.07, 6.45) is 11.8. The first-order valence-electron chi connectivity index (χ1n) is 8.56. The molecule has 2 N–H and O–H groups in total. The fourth-order valence-corrected chi connectivity index (χ4v) is 2.33. The van der Waals surface area contributed by atoms with Crippen LogP contribution < -0.4 is 5.32 Å². The van der Waals surface area contributed by atoms with Crippen molar-refractivity contribution in [1.29, 1.82) is 0 Å². The van der Waals surface area contributed by atoms with Crippen molar-refractivity contribution < 1.29 is 19.5 Å². The fraction of sp³-hybridized carbons (Fsp3) is 0.824. The summed E-state index contributed by atoms with van der Waals surface area (Å²) in [5.41, 5.74) is 0. The van der Waals surface area contributed by atoms with Crippen LogP contribution in [0.15, 0.2) is 0 Å². The van der Waals surface area contributed by atoms with E-state index in [4.69, 9.17) is 5.11 Å². The molecule has 1 atom stereocenters. The van der Waals surface area contributed by atoms with E-state index in [0.717, 1.165) is 19.3 Å². The van der Waals surface area contributed by atoms with Gasteiger partial charge in [0.2, 0.25) is 5.91 Å². The molecule has 0 rings (SSSR count). The molecule has 23 heavy (non-hydrogen) atoms. The van der Waals surface area contributed by atoms with E-state index in [0.29, 0.717) is 12.7 Å². The van der Waals surface area contributed by atoms with Crippen LogP contribution in [0.25, 0.3) is 0 Å². The minimum absolute atomic E-state index is 0. The normalized spacial score (nSPS) is 11.3. The SMILES string of the molecule is CCCCCCCCCCCC(=O)N[C@H](C=O)CCC(=O)O.[NaH]. The van der Waals surface area contributed by atoms with Crippen LogP contribution in [0.5, 0.6) is 0 Å². The van der Waals surface area contributed by atoms with Crippen LogP contribution in [-0.4, -0.2) is 58.9 Å². The number of carboxylic acids is 1. The summed E-state index contributed by atoms with van der Waals surface area (Å²) in [4.78, 5) is 32.8. The molecule has 0 saturated heterocycles. The van der Waals surface area contributed by atoms with Gasteiger partial charge in [-0.05, 0) is 12.8 Å². The van der Waals surface area contributed by atoms with Crippen LogP contribution in [0.1, 0.15) is 84.0 Å². The summed E-state index contributed by atoms with van der Waals surface area (Å²) in [5, 5.41) is 11.1. The molecule has 130 valence electrons. The number of carboxylic acid groups (broad SMARTS) is 1. The first-order chi connectivity index (χ1) is 10.6. The van der Waals surface area contributed by atoms with Gasteiger partial charge in [0, 0.05) is 12.8 Å². The van der Waals surface area contributed by atoms with Gasteiger partial charge in [0.1, 0.15) is 6.29 Å². The Balaban J connectivity index is 0. The molecule has 0 fully saturated rings. The topological polar surface area (TPSA) is 83.5 Å². The van der Waals surface area contributed by atoms with Gasteiger partial charge in [0.15, 0.2) is 0 Å². The van der Waals surface area contributed by atoms with Gasteiger partial charge in [-0.3, -0.25) is 9.59 Å². The van der Waals surface area contributed by atoms with Crippen molar-refractivity contribution in [2.24, 2.45) is 0 Å². The monoisotopic (exact) mass is 337 g/mol. The molecule has 0 aliphatic carbocycles. The van der Waals surface area contributed by atoms with Gasteiger partial charge in [0.25, 0.3) is 0 Å². The maximum atomic E-state index is 11.6. The van der Waals surface area contributed by atoms with Crippen molar-refractivity contribution in [1.82, 2.24) is 5.32 Å². The molecule has 6 heteroatoms. The summed E-state index contributed by atoms with van der Waals surface area (Å²) in [7, 11) is 0. The van der Waals surface area contributed by atoms with Gasteiger partial charge < -0.3 is 15.2 Å². The Morgan fingerprint density at radius 1 is 0.957 bits per heavy atom. The number of rotatable bonds is 15. The third-order valence-corrected chi connectivity index (χ3v) is 3.69. The number of amides is 1. The number of carbonyl (C=O) groups excluding carboxylic acids is 2. The number of nitrogens with one attached hydrogen (secondary N) is 1. The number of carbonyl (C=O) groups is 3. The molecular weight excluding hydrogens is 305 g/mol. The number of hydrogen-bond donors (Lipinski definition) is 2. The molecule has 0 aromatic carbocycles. The van der Waals surface area contributed by atoms with E-state index in [-0.39, 0.29) is 48.3 Å². The van der Waals surface area contributed by atoms with E-state index in [9.17, 15) is 14.4 Å². The molecule has 5 nitrogen and oxygen atoms in total. The molecular formula is C17H32NNaO4. The van der Waals surface area contributed by atoms with Crippen LogP contribution >= 0.6 is 0 Å². The van der Waals surface area contributed by atoms with Crippen LogP contribution in [0.3, 0.4) is 0 Å². The average molecular weight is 337 g/mol. The summed E-state index contributed by atoms with van der Waals surface area (Å²) < 4.78 is 0. The molecule has 1 amide bonds. The van der Waals surface area contributed by atoms with Crippen molar-refractivity contribution in [3.8, 4) is 0 Å². The van der Waals surface area contributed by atoms with Crippen molar-refractivity contribution in [2.75, 3.05) is 0 Å². The zero-order chi connectivity index (χ0) is 16.6. The number of aliphatic carboxylic acids is 1. The maximum absolute atomic E-state index is 11.6. The quantitative estimate of drug-likeness (QED) is 0.273. The van der Waals surface area contributed by atoms with Crippen molar-refractivity contribution in [3.05, 3.63) is 0 Å². The van der Waals surface area contributed by atoms with Crippen molar-refractivity contribution in [2.45, 2.75) is 90.0 Å². The summed E-state index contributed by atoms with van der Waals surface area (Å²) in [6, 6.07) is -0.679. The Kier molecular flexibility index (Phi) is 19.4. The second kappa shape index (κ2) is 18.0. The van der Waals surface area contributed by atoms with Crippen molar-refractivity contribution >= 4 is 47.7 Å². The second-order valence-corrected chi connectivity index (χ2v) is 5.82. The van der Waals surface area contributed by atoms with E-state index < -0.39 is 12.0 Å². The van der Waals surface area contributed by atoms with Gasteiger partial charge in [0.05, 0.1) is 6.04 Å². The van der Waals surface area contributed by atoms with Gasteiger partial charge in [-0.15, -0.1) is 0 Å². The first kappa shape index (κ1) is 24.9. The van der Waals surface area contributed by atoms with E-state index in [1.807, 2.05) is 0 Å². The fourth-order valence-electron chi connectivity index (χ4n) is 2.33. The van der Waals surface area contributed by atoms with Crippen LogP contribution in [0, 0.1) is 0 Å². The van der Waals surface area contributed by atoms with E-state index in [1.54, 1.807) is 0 Å². The third-order valence-electron chi connectivity index (χ3n) is 3.69. The number of hydrogen-bond acceptors (Lipinski definition) is 3. The molecule has 0 bridgehead atoms. The third kappa shape index (κ3) is 17.8. The Labute approximate surface area is 162 Å². The molecule has 0 radical (unpaired) electrons. The van der Waals surface area contributed by atoms with Gasteiger partial charge in [-0.1, -0.05) is 58.3 Å². The van der Waals surface area contributed by atoms with E-state index in [2.05, 4.69) is 12.2 Å². The van der Waals surface area contributed by atoms with Crippen LogP contribution in [0.2, 0.25) is 0 Å². The first-order valence-corrected chi connectivity index (χ1v) is 8.56. The van der Waals surface area contributed by atoms with Crippen molar-refractivity contribution in [3.63, 3.8) is 0 Å². The number of unbranched alkanes of at least 4 members (excludes halogenated alkanes) is 8. The van der Waals surface area contributed by atoms with Gasteiger partial charge in [-0.2, -0.15) is 0 Å². The predicted molar refractivity (Wildman–Crippen MR) is 93.9 cm³/mol. The summed E-state index contributed by atoms with van der Waals surface area (Å²) in [5.74, 6) is -1.12. The molecule has 0 aromatic rings. The molecule has 0 aliphatic rings.